The standard InChI is InChI=1S/C13H17ClN2O/c1-15-9-13(7-2-8-13)12(17)16-11-5-3-10(14)4-6-11/h3-6,15H,2,7-9H2,1H3,(H,16,17). The number of carbonyl (C=O) groups excluding carboxylic acids is 1. The van der Waals surface area contributed by atoms with E-state index in [2.05, 4.69) is 10.6 Å². The van der Waals surface area contributed by atoms with Crippen LogP contribution >= 0.6 is 11.6 Å². The summed E-state index contributed by atoms with van der Waals surface area (Å²) in [7, 11) is 1.88. The third-order valence-electron chi connectivity index (χ3n) is 3.41. The van der Waals surface area contributed by atoms with Crippen LogP contribution in [0.3, 0.4) is 0 Å². The number of hydrogen-bond acceptors (Lipinski definition) is 2. The van der Waals surface area contributed by atoms with Gasteiger partial charge in [0.2, 0.25) is 5.91 Å². The minimum Gasteiger partial charge on any atom is -0.326 e. The summed E-state index contributed by atoms with van der Waals surface area (Å²) in [5.74, 6) is 0.112. The molecule has 3 nitrogen and oxygen atoms in total. The van der Waals surface area contributed by atoms with Crippen molar-refractivity contribution in [3.63, 3.8) is 0 Å². The Morgan fingerprint density at radius 3 is 2.47 bits per heavy atom. The highest BCUT2D eigenvalue weighted by molar-refractivity contribution is 6.30. The van der Waals surface area contributed by atoms with Crippen LogP contribution < -0.4 is 10.6 Å². The zero-order valence-corrected chi connectivity index (χ0v) is 10.7. The molecule has 1 saturated carbocycles. The summed E-state index contributed by atoms with van der Waals surface area (Å²) >= 11 is 5.80. The summed E-state index contributed by atoms with van der Waals surface area (Å²) in [4.78, 5) is 12.2. The van der Waals surface area contributed by atoms with Crippen molar-refractivity contribution >= 4 is 23.2 Å². The molecule has 0 atom stereocenters. The van der Waals surface area contributed by atoms with E-state index in [4.69, 9.17) is 11.6 Å². The van der Waals surface area contributed by atoms with E-state index in [9.17, 15) is 4.79 Å². The third kappa shape index (κ3) is 2.61. The minimum atomic E-state index is -0.214. The smallest absolute Gasteiger partial charge is 0.231 e. The van der Waals surface area contributed by atoms with Gasteiger partial charge in [0.25, 0.3) is 0 Å². The average molecular weight is 253 g/mol. The van der Waals surface area contributed by atoms with Gasteiger partial charge in [0, 0.05) is 17.3 Å². The number of carbonyl (C=O) groups is 1. The SMILES string of the molecule is CNCC1(C(=O)Nc2ccc(Cl)cc2)CCC1. The highest BCUT2D eigenvalue weighted by atomic mass is 35.5. The molecule has 2 rings (SSSR count). The minimum absolute atomic E-state index is 0.112. The lowest BCUT2D eigenvalue weighted by Crippen LogP contribution is -2.48. The number of benzene rings is 1. The van der Waals surface area contributed by atoms with Gasteiger partial charge in [-0.2, -0.15) is 0 Å². The lowest BCUT2D eigenvalue weighted by atomic mass is 9.68. The topological polar surface area (TPSA) is 41.1 Å². The highest BCUT2D eigenvalue weighted by Gasteiger charge is 2.43. The molecule has 2 N–H and O–H groups in total. The molecule has 0 aliphatic heterocycles. The summed E-state index contributed by atoms with van der Waals surface area (Å²) in [6.07, 6.45) is 3.07. The lowest BCUT2D eigenvalue weighted by molar-refractivity contribution is -0.129. The number of halogens is 1. The second-order valence-electron chi connectivity index (χ2n) is 4.63. The molecular weight excluding hydrogens is 236 g/mol. The molecule has 1 fully saturated rings. The van der Waals surface area contributed by atoms with Gasteiger partial charge in [-0.05, 0) is 44.2 Å². The van der Waals surface area contributed by atoms with Crippen LogP contribution in [-0.2, 0) is 4.79 Å². The summed E-state index contributed by atoms with van der Waals surface area (Å²) < 4.78 is 0. The van der Waals surface area contributed by atoms with E-state index in [1.54, 1.807) is 12.1 Å². The molecule has 4 heteroatoms. The van der Waals surface area contributed by atoms with Gasteiger partial charge in [-0.3, -0.25) is 4.79 Å². The zero-order valence-electron chi connectivity index (χ0n) is 9.92. The maximum absolute atomic E-state index is 12.2. The van der Waals surface area contributed by atoms with Crippen molar-refractivity contribution in [2.75, 3.05) is 18.9 Å². The van der Waals surface area contributed by atoms with Gasteiger partial charge in [0.15, 0.2) is 0 Å². The summed E-state index contributed by atoms with van der Waals surface area (Å²) in [5, 5.41) is 6.74. The Morgan fingerprint density at radius 1 is 1.35 bits per heavy atom. The quantitative estimate of drug-likeness (QED) is 0.865. The van der Waals surface area contributed by atoms with E-state index in [-0.39, 0.29) is 11.3 Å². The maximum Gasteiger partial charge on any atom is 0.231 e. The molecule has 0 heterocycles. The van der Waals surface area contributed by atoms with E-state index in [0.717, 1.165) is 31.5 Å². The predicted molar refractivity (Wildman–Crippen MR) is 70.3 cm³/mol. The van der Waals surface area contributed by atoms with Crippen LogP contribution in [0.15, 0.2) is 24.3 Å². The summed E-state index contributed by atoms with van der Waals surface area (Å²) in [6, 6.07) is 7.21. The molecule has 1 amide bonds. The van der Waals surface area contributed by atoms with Gasteiger partial charge in [0.1, 0.15) is 0 Å². The second kappa shape index (κ2) is 5.07. The van der Waals surface area contributed by atoms with E-state index in [1.807, 2.05) is 19.2 Å². The second-order valence-corrected chi connectivity index (χ2v) is 5.06. The lowest BCUT2D eigenvalue weighted by Gasteiger charge is -2.40. The fourth-order valence-electron chi connectivity index (χ4n) is 2.22. The van der Waals surface area contributed by atoms with Crippen molar-refractivity contribution in [1.82, 2.24) is 5.32 Å². The van der Waals surface area contributed by atoms with Crippen LogP contribution in [0.1, 0.15) is 19.3 Å². The Balaban J connectivity index is 2.03. The first-order chi connectivity index (χ1) is 8.16. The molecule has 0 saturated heterocycles. The van der Waals surface area contributed by atoms with Crippen LogP contribution in [0.4, 0.5) is 5.69 Å². The first-order valence-corrected chi connectivity index (χ1v) is 6.26. The van der Waals surface area contributed by atoms with Crippen LogP contribution in [0.25, 0.3) is 0 Å². The number of amides is 1. The van der Waals surface area contributed by atoms with Crippen molar-refractivity contribution in [1.29, 1.82) is 0 Å². The Morgan fingerprint density at radius 2 is 2.00 bits per heavy atom. The Kier molecular flexibility index (Phi) is 3.69. The van der Waals surface area contributed by atoms with Gasteiger partial charge in [-0.25, -0.2) is 0 Å². The van der Waals surface area contributed by atoms with Crippen molar-refractivity contribution in [3.8, 4) is 0 Å². The molecule has 1 aromatic rings. The normalized spacial score (nSPS) is 17.3. The average Bonchev–Trinajstić information content (AvgIpc) is 2.26. The monoisotopic (exact) mass is 252 g/mol. The molecule has 0 radical (unpaired) electrons. The molecule has 1 aliphatic carbocycles. The highest BCUT2D eigenvalue weighted by Crippen LogP contribution is 2.41. The van der Waals surface area contributed by atoms with E-state index < -0.39 is 0 Å². The van der Waals surface area contributed by atoms with E-state index in [0.29, 0.717) is 5.02 Å². The summed E-state index contributed by atoms with van der Waals surface area (Å²) in [6.45, 7) is 0.742. The molecular formula is C13H17ClN2O. The molecule has 92 valence electrons. The predicted octanol–water partition coefficient (Wildman–Crippen LogP) is 2.67. The Labute approximate surface area is 107 Å². The van der Waals surface area contributed by atoms with Crippen LogP contribution in [0, 0.1) is 5.41 Å². The first kappa shape index (κ1) is 12.4. The van der Waals surface area contributed by atoms with Gasteiger partial charge in [0.05, 0.1) is 5.41 Å². The van der Waals surface area contributed by atoms with Crippen molar-refractivity contribution < 1.29 is 4.79 Å². The molecule has 0 aromatic heterocycles. The molecule has 0 unspecified atom stereocenters. The largest absolute Gasteiger partial charge is 0.326 e. The Hall–Kier alpha value is -1.06. The van der Waals surface area contributed by atoms with Gasteiger partial charge < -0.3 is 10.6 Å². The van der Waals surface area contributed by atoms with E-state index in [1.165, 1.54) is 0 Å². The van der Waals surface area contributed by atoms with Crippen LogP contribution in [-0.4, -0.2) is 19.5 Å². The molecule has 1 aromatic carbocycles. The van der Waals surface area contributed by atoms with E-state index >= 15 is 0 Å². The van der Waals surface area contributed by atoms with Gasteiger partial charge in [-0.15, -0.1) is 0 Å². The van der Waals surface area contributed by atoms with Crippen LogP contribution in [0.5, 0.6) is 0 Å². The van der Waals surface area contributed by atoms with Gasteiger partial charge >= 0.3 is 0 Å². The van der Waals surface area contributed by atoms with Crippen molar-refractivity contribution in [3.05, 3.63) is 29.3 Å². The fraction of sp³-hybridized carbons (Fsp3) is 0.462. The number of nitrogens with one attached hydrogen (secondary N) is 2. The number of anilines is 1. The third-order valence-corrected chi connectivity index (χ3v) is 3.66. The number of rotatable bonds is 4. The van der Waals surface area contributed by atoms with Crippen molar-refractivity contribution in [2.45, 2.75) is 19.3 Å². The summed E-state index contributed by atoms with van der Waals surface area (Å²) in [5.41, 5.74) is 0.593. The first-order valence-electron chi connectivity index (χ1n) is 5.88. The number of hydrogen-bond donors (Lipinski definition) is 2. The fourth-order valence-corrected chi connectivity index (χ4v) is 2.35. The van der Waals surface area contributed by atoms with Crippen LogP contribution in [0.2, 0.25) is 5.02 Å². The Bertz CT molecular complexity index is 398. The van der Waals surface area contributed by atoms with Crippen molar-refractivity contribution in [2.24, 2.45) is 5.41 Å². The molecule has 1 aliphatic rings. The maximum atomic E-state index is 12.2. The molecule has 0 spiro atoms. The zero-order chi connectivity index (χ0) is 12.3. The van der Waals surface area contributed by atoms with Gasteiger partial charge in [-0.1, -0.05) is 18.0 Å². The molecule has 17 heavy (non-hydrogen) atoms. The molecule has 0 bridgehead atoms.